The van der Waals surface area contributed by atoms with Gasteiger partial charge in [0, 0.05) is 17.0 Å². The zero-order chi connectivity index (χ0) is 13.5. The van der Waals surface area contributed by atoms with Crippen molar-refractivity contribution < 1.29 is 10.2 Å². The van der Waals surface area contributed by atoms with E-state index in [4.69, 9.17) is 5.73 Å². The maximum atomic E-state index is 9.98. The van der Waals surface area contributed by atoms with Crippen molar-refractivity contribution in [1.29, 1.82) is 0 Å². The minimum atomic E-state index is -0.545. The van der Waals surface area contributed by atoms with E-state index in [-0.39, 0.29) is 17.4 Å². The van der Waals surface area contributed by atoms with Crippen LogP contribution in [0.2, 0.25) is 0 Å². The van der Waals surface area contributed by atoms with Gasteiger partial charge in [-0.1, -0.05) is 37.3 Å². The Hall–Kier alpha value is -0.550. The lowest BCUT2D eigenvalue weighted by Gasteiger charge is -2.21. The molecular weight excluding hydrogens is 246 g/mol. The van der Waals surface area contributed by atoms with E-state index >= 15 is 0 Å². The second kappa shape index (κ2) is 7.79. The molecule has 0 aliphatic carbocycles. The molecule has 4 atom stereocenters. The predicted molar refractivity (Wildman–Crippen MR) is 77.7 cm³/mol. The van der Waals surface area contributed by atoms with Crippen LogP contribution >= 0.6 is 11.8 Å². The van der Waals surface area contributed by atoms with Crippen molar-refractivity contribution in [2.45, 2.75) is 43.8 Å². The fourth-order valence-corrected chi connectivity index (χ4v) is 2.56. The van der Waals surface area contributed by atoms with Gasteiger partial charge in [-0.2, -0.15) is 11.8 Å². The fraction of sp³-hybridized carbons (Fsp3) is 0.571. The Labute approximate surface area is 113 Å². The van der Waals surface area contributed by atoms with Crippen LogP contribution in [-0.2, 0) is 6.42 Å². The highest BCUT2D eigenvalue weighted by molar-refractivity contribution is 7.99. The van der Waals surface area contributed by atoms with Crippen LogP contribution in [0.3, 0.4) is 0 Å². The summed E-state index contributed by atoms with van der Waals surface area (Å²) in [4.78, 5) is 0. The van der Waals surface area contributed by atoms with Crippen molar-refractivity contribution in [3.05, 3.63) is 35.9 Å². The van der Waals surface area contributed by atoms with Crippen molar-refractivity contribution in [1.82, 2.24) is 0 Å². The molecule has 0 saturated carbocycles. The molecule has 0 radical (unpaired) electrons. The Morgan fingerprint density at radius 2 is 1.78 bits per heavy atom. The summed E-state index contributed by atoms with van der Waals surface area (Å²) in [5, 5.41) is 19.5. The molecule has 0 amide bonds. The van der Waals surface area contributed by atoms with Gasteiger partial charge in [-0.15, -0.1) is 0 Å². The summed E-state index contributed by atoms with van der Waals surface area (Å²) in [5.74, 6) is 0.556. The quantitative estimate of drug-likeness (QED) is 0.700. The first-order chi connectivity index (χ1) is 8.50. The number of aliphatic hydroxyl groups is 2. The second-order valence-electron chi connectivity index (χ2n) is 4.70. The van der Waals surface area contributed by atoms with Gasteiger partial charge in [-0.25, -0.2) is 0 Å². The standard InChI is InChI=1S/C14H23NO2S/c1-10(16)11(2)18-9-14(17)13(15)8-12-6-4-3-5-7-12/h3-7,10-11,13-14,16-17H,8-9,15H2,1-2H3. The van der Waals surface area contributed by atoms with Gasteiger partial charge in [-0.05, 0) is 18.9 Å². The zero-order valence-electron chi connectivity index (χ0n) is 11.0. The van der Waals surface area contributed by atoms with Crippen LogP contribution in [0, 0.1) is 0 Å². The average molecular weight is 269 g/mol. The molecule has 0 fully saturated rings. The molecule has 0 aromatic heterocycles. The van der Waals surface area contributed by atoms with Gasteiger partial charge in [-0.3, -0.25) is 0 Å². The Bertz CT molecular complexity index is 332. The monoisotopic (exact) mass is 269 g/mol. The SMILES string of the molecule is CC(O)C(C)SCC(O)C(N)Cc1ccccc1. The molecule has 1 aromatic rings. The molecule has 0 saturated heterocycles. The molecule has 0 spiro atoms. The van der Waals surface area contributed by atoms with E-state index in [9.17, 15) is 10.2 Å². The Balaban J connectivity index is 2.35. The van der Waals surface area contributed by atoms with Crippen LogP contribution in [0.25, 0.3) is 0 Å². The highest BCUT2D eigenvalue weighted by atomic mass is 32.2. The van der Waals surface area contributed by atoms with Crippen LogP contribution in [0.4, 0.5) is 0 Å². The summed E-state index contributed by atoms with van der Waals surface area (Å²) in [7, 11) is 0. The molecule has 1 aromatic carbocycles. The minimum absolute atomic E-state index is 0.114. The number of hydrogen-bond donors (Lipinski definition) is 3. The first-order valence-electron chi connectivity index (χ1n) is 6.28. The lowest BCUT2D eigenvalue weighted by Crippen LogP contribution is -2.38. The van der Waals surface area contributed by atoms with Crippen LogP contribution in [0.1, 0.15) is 19.4 Å². The van der Waals surface area contributed by atoms with Crippen LogP contribution < -0.4 is 5.73 Å². The lowest BCUT2D eigenvalue weighted by atomic mass is 10.0. The van der Waals surface area contributed by atoms with Crippen LogP contribution in [0.15, 0.2) is 30.3 Å². The fourth-order valence-electron chi connectivity index (χ4n) is 1.54. The third kappa shape index (κ3) is 5.40. The van der Waals surface area contributed by atoms with Crippen LogP contribution in [0.5, 0.6) is 0 Å². The molecule has 1 rings (SSSR count). The Morgan fingerprint density at radius 1 is 1.17 bits per heavy atom. The smallest absolute Gasteiger partial charge is 0.0784 e. The van der Waals surface area contributed by atoms with Crippen LogP contribution in [-0.4, -0.2) is 39.5 Å². The predicted octanol–water partition coefficient (Wildman–Crippen LogP) is 1.42. The summed E-state index contributed by atoms with van der Waals surface area (Å²) >= 11 is 1.55. The van der Waals surface area contributed by atoms with E-state index in [0.29, 0.717) is 12.2 Å². The summed E-state index contributed by atoms with van der Waals surface area (Å²) < 4.78 is 0. The normalized spacial score (nSPS) is 18.1. The molecule has 4 heteroatoms. The third-order valence-corrected chi connectivity index (χ3v) is 4.47. The van der Waals surface area contributed by atoms with Gasteiger partial charge < -0.3 is 15.9 Å². The molecule has 102 valence electrons. The lowest BCUT2D eigenvalue weighted by molar-refractivity contribution is 0.166. The largest absolute Gasteiger partial charge is 0.392 e. The second-order valence-corrected chi connectivity index (χ2v) is 6.11. The Kier molecular flexibility index (Phi) is 6.71. The highest BCUT2D eigenvalue weighted by Crippen LogP contribution is 2.17. The van der Waals surface area contributed by atoms with Crippen molar-refractivity contribution in [2.75, 3.05) is 5.75 Å². The first kappa shape index (κ1) is 15.5. The van der Waals surface area contributed by atoms with E-state index in [0.717, 1.165) is 5.56 Å². The topological polar surface area (TPSA) is 66.5 Å². The maximum Gasteiger partial charge on any atom is 0.0784 e. The average Bonchev–Trinajstić information content (AvgIpc) is 2.36. The van der Waals surface area contributed by atoms with Gasteiger partial charge in [0.15, 0.2) is 0 Å². The van der Waals surface area contributed by atoms with Gasteiger partial charge in [0.25, 0.3) is 0 Å². The Morgan fingerprint density at radius 3 is 2.33 bits per heavy atom. The van der Waals surface area contributed by atoms with Gasteiger partial charge in [0.1, 0.15) is 0 Å². The minimum Gasteiger partial charge on any atom is -0.392 e. The van der Waals surface area contributed by atoms with E-state index in [1.807, 2.05) is 37.3 Å². The summed E-state index contributed by atoms with van der Waals surface area (Å²) in [6.45, 7) is 3.71. The van der Waals surface area contributed by atoms with Crippen molar-refractivity contribution in [3.63, 3.8) is 0 Å². The summed E-state index contributed by atoms with van der Waals surface area (Å²) in [5.41, 5.74) is 7.12. The first-order valence-corrected chi connectivity index (χ1v) is 7.32. The molecule has 0 heterocycles. The third-order valence-electron chi connectivity index (χ3n) is 3.02. The van der Waals surface area contributed by atoms with Gasteiger partial charge in [0.2, 0.25) is 0 Å². The molecule has 3 nitrogen and oxygen atoms in total. The van der Waals surface area contributed by atoms with Crippen molar-refractivity contribution >= 4 is 11.8 Å². The number of rotatable bonds is 7. The molecular formula is C14H23NO2S. The summed E-state index contributed by atoms with van der Waals surface area (Å²) in [6.07, 6.45) is -0.241. The zero-order valence-corrected chi connectivity index (χ0v) is 11.8. The molecule has 0 aliphatic heterocycles. The number of aliphatic hydroxyl groups excluding tert-OH is 2. The number of thioether (sulfide) groups is 1. The van der Waals surface area contributed by atoms with Crippen molar-refractivity contribution in [2.24, 2.45) is 5.73 Å². The maximum absolute atomic E-state index is 9.98. The van der Waals surface area contributed by atoms with E-state index in [1.54, 1.807) is 18.7 Å². The number of hydrogen-bond acceptors (Lipinski definition) is 4. The van der Waals surface area contributed by atoms with Crippen molar-refractivity contribution in [3.8, 4) is 0 Å². The van der Waals surface area contributed by atoms with E-state index in [1.165, 1.54) is 0 Å². The number of benzene rings is 1. The van der Waals surface area contributed by atoms with E-state index in [2.05, 4.69) is 0 Å². The summed E-state index contributed by atoms with van der Waals surface area (Å²) in [6, 6.07) is 9.67. The van der Waals surface area contributed by atoms with Gasteiger partial charge >= 0.3 is 0 Å². The molecule has 0 aliphatic rings. The van der Waals surface area contributed by atoms with E-state index < -0.39 is 6.10 Å². The van der Waals surface area contributed by atoms with Gasteiger partial charge in [0.05, 0.1) is 12.2 Å². The molecule has 4 unspecified atom stereocenters. The number of nitrogens with two attached hydrogens (primary N) is 1. The highest BCUT2D eigenvalue weighted by Gasteiger charge is 2.18. The molecule has 0 bridgehead atoms. The molecule has 4 N–H and O–H groups in total. The molecule has 18 heavy (non-hydrogen) atoms.